The monoisotopic (exact) mass is 314 g/mol. The van der Waals surface area contributed by atoms with Gasteiger partial charge in [-0.15, -0.1) is 0 Å². The van der Waals surface area contributed by atoms with Crippen LogP contribution < -0.4 is 0 Å². The van der Waals surface area contributed by atoms with E-state index in [-0.39, 0.29) is 86.0 Å². The Labute approximate surface area is 84.3 Å². The predicted octanol–water partition coefficient (Wildman–Crippen LogP) is -2.28. The molecule has 0 bridgehead atoms. The molecule has 0 saturated carbocycles. The molecule has 0 atom stereocenters. The summed E-state index contributed by atoms with van der Waals surface area (Å²) in [6, 6.07) is 0. The first kappa shape index (κ1) is 31.3. The molecule has 4 heteroatoms. The summed E-state index contributed by atoms with van der Waals surface area (Å²) in [7, 11) is 0. The Morgan fingerprint density at radius 3 is 1.00 bits per heavy atom. The van der Waals surface area contributed by atoms with Gasteiger partial charge < -0.3 is 5.48 Å². The van der Waals surface area contributed by atoms with Crippen molar-refractivity contribution < 1.29 is 75.1 Å². The topological polar surface area (TPSA) is 31.5 Å². The van der Waals surface area contributed by atoms with Crippen molar-refractivity contribution in [1.82, 2.24) is 0 Å². The first-order chi connectivity index (χ1) is 0. The van der Waals surface area contributed by atoms with E-state index in [0.29, 0.717) is 0 Å². The van der Waals surface area contributed by atoms with Gasteiger partial charge in [-0.3, -0.25) is 0 Å². The van der Waals surface area contributed by atoms with E-state index in [1.807, 2.05) is 0 Å². The molecule has 0 aliphatic heterocycles. The average molecular weight is 314 g/mol. The second-order valence-electron chi connectivity index (χ2n) is 0. The summed E-state index contributed by atoms with van der Waals surface area (Å²) in [4.78, 5) is 0. The fraction of sp³-hybridized carbons (Fsp3) is 0. The molecule has 0 aliphatic carbocycles. The van der Waals surface area contributed by atoms with Crippen LogP contribution in [0.1, 0.15) is 0 Å². The molecule has 0 heterocycles. The third kappa shape index (κ3) is 8.82. The molecule has 0 aromatic heterocycles. The van der Waals surface area contributed by atoms with Crippen LogP contribution in [0.25, 0.3) is 0 Å². The van der Waals surface area contributed by atoms with E-state index >= 15 is 0 Å². The van der Waals surface area contributed by atoms with Gasteiger partial charge in [0, 0.05) is 69.6 Å². The molecule has 1 nitrogen and oxygen atoms in total. The Kier molecular flexibility index (Phi) is 139. The molecule has 0 amide bonds. The van der Waals surface area contributed by atoms with Crippen LogP contribution in [0, 0.1) is 36.9 Å². The van der Waals surface area contributed by atoms with Crippen LogP contribution in [-0.4, -0.2) is 16.4 Å². The van der Waals surface area contributed by atoms with Gasteiger partial charge in [0.05, 0.1) is 0 Å². The van der Waals surface area contributed by atoms with Crippen LogP contribution >= 0.6 is 0 Å². The molecular weight excluding hydrogens is 308 g/mol. The van der Waals surface area contributed by atoms with Gasteiger partial charge in [0.1, 0.15) is 0 Å². The summed E-state index contributed by atoms with van der Waals surface area (Å²) >= 11 is 0. The summed E-state index contributed by atoms with van der Waals surface area (Å²) in [6.07, 6.45) is 0. The molecule has 4 heavy (non-hydrogen) atoms. The van der Waals surface area contributed by atoms with Crippen molar-refractivity contribution in [3.05, 3.63) is 0 Å². The molecule has 0 fully saturated rings. The van der Waals surface area contributed by atoms with Crippen molar-refractivity contribution in [2.45, 2.75) is 0 Å². The molecule has 2 N–H and O–H groups in total. The van der Waals surface area contributed by atoms with Crippen LogP contribution in [0.4, 0.5) is 0 Å². The van der Waals surface area contributed by atoms with Gasteiger partial charge in [-0.25, -0.2) is 0 Å². The third-order valence-corrected chi connectivity index (χ3v) is 0. The summed E-state index contributed by atoms with van der Waals surface area (Å²) in [5.41, 5.74) is 0. The summed E-state index contributed by atoms with van der Waals surface area (Å²) in [5, 5.41) is 0. The molecule has 0 aromatic carbocycles. The van der Waals surface area contributed by atoms with Crippen molar-refractivity contribution >= 4 is 11.0 Å². The third-order valence-electron chi connectivity index (χ3n) is 0. The van der Waals surface area contributed by atoms with Gasteiger partial charge in [0.15, 0.2) is 0 Å². The number of hydrogen-bond donors (Lipinski definition) is 0. The van der Waals surface area contributed by atoms with Crippen LogP contribution in [0.3, 0.4) is 0 Å². The zero-order chi connectivity index (χ0) is 0. The molecule has 0 spiro atoms. The standard InChI is InChI=1S/Lu.H2O.H4Si.Y/h;1H2;1H4;. The van der Waals surface area contributed by atoms with Gasteiger partial charge >= 0.3 is 0 Å². The van der Waals surface area contributed by atoms with Gasteiger partial charge in [-0.1, -0.05) is 0 Å². The fourth-order valence-corrected chi connectivity index (χ4v) is 0. The minimum absolute atomic E-state index is 0. The van der Waals surface area contributed by atoms with E-state index in [9.17, 15) is 0 Å². The zero-order valence-corrected chi connectivity index (χ0v) is 5.83. The molecule has 2 radical (unpaired) electrons. The Morgan fingerprint density at radius 2 is 1.00 bits per heavy atom. The largest absolute Gasteiger partial charge is 0.412 e. The minimum Gasteiger partial charge on any atom is -0.412 e. The Balaban J connectivity index is 0. The van der Waals surface area contributed by atoms with Crippen molar-refractivity contribution in [3.8, 4) is 0 Å². The van der Waals surface area contributed by atoms with Crippen LogP contribution in [-0.2, 0) is 32.7 Å². The maximum Gasteiger partial charge on any atom is 0 e. The van der Waals surface area contributed by atoms with E-state index in [4.69, 9.17) is 0 Å². The maximum absolute atomic E-state index is 0. The molecule has 0 aliphatic rings. The maximum atomic E-state index is 0. The number of rotatable bonds is 0. The summed E-state index contributed by atoms with van der Waals surface area (Å²) < 4.78 is 0. The first-order valence-corrected chi connectivity index (χ1v) is 0. The van der Waals surface area contributed by atoms with Crippen molar-refractivity contribution in [2.75, 3.05) is 0 Å². The molecule has 0 saturated heterocycles. The van der Waals surface area contributed by atoms with E-state index in [1.54, 1.807) is 0 Å². The summed E-state index contributed by atoms with van der Waals surface area (Å²) in [5.74, 6) is 0. The van der Waals surface area contributed by atoms with E-state index in [0.717, 1.165) is 0 Å². The van der Waals surface area contributed by atoms with Gasteiger partial charge in [-0.2, -0.15) is 0 Å². The van der Waals surface area contributed by atoms with Crippen LogP contribution in [0.5, 0.6) is 0 Å². The smallest absolute Gasteiger partial charge is 0 e. The SMILES string of the molecule is O.[Lu].[SiH4].[Y]. The van der Waals surface area contributed by atoms with E-state index in [2.05, 4.69) is 0 Å². The molecule has 0 aromatic rings. The van der Waals surface area contributed by atoms with Crippen LogP contribution in [0.15, 0.2) is 0 Å². The minimum atomic E-state index is 0. The molecule has 0 rings (SSSR count). The van der Waals surface area contributed by atoms with E-state index in [1.165, 1.54) is 0 Å². The second kappa shape index (κ2) is 17.8. The van der Waals surface area contributed by atoms with Crippen LogP contribution in [0.2, 0.25) is 0 Å². The number of hydrogen-bond acceptors (Lipinski definition) is 0. The average Bonchev–Trinajstić information content (AvgIpc) is 0. The zero-order valence-electron chi connectivity index (χ0n) is 1.34. The Hall–Kier alpha value is 2.51. The van der Waals surface area contributed by atoms with Gasteiger partial charge in [0.2, 0.25) is 0 Å². The summed E-state index contributed by atoms with van der Waals surface area (Å²) in [6.45, 7) is 0. The first-order valence-electron chi connectivity index (χ1n) is 0. The fourth-order valence-electron chi connectivity index (χ4n) is 0. The Morgan fingerprint density at radius 1 is 1.00 bits per heavy atom. The Bertz CT molecular complexity index is 8.00. The van der Waals surface area contributed by atoms with Crippen molar-refractivity contribution in [3.63, 3.8) is 0 Å². The predicted molar refractivity (Wildman–Crippen MR) is 14.9 cm³/mol. The quantitative estimate of drug-likeness (QED) is 0.452. The molecule has 0 unspecified atom stereocenters. The normalized spacial score (nSPS) is 0. The second-order valence-corrected chi connectivity index (χ2v) is 0. The van der Waals surface area contributed by atoms with Gasteiger partial charge in [-0.05, 0) is 11.0 Å². The van der Waals surface area contributed by atoms with Gasteiger partial charge in [0.25, 0.3) is 0 Å². The van der Waals surface area contributed by atoms with Crippen molar-refractivity contribution in [2.24, 2.45) is 0 Å². The van der Waals surface area contributed by atoms with Crippen molar-refractivity contribution in [1.29, 1.82) is 0 Å². The van der Waals surface area contributed by atoms with E-state index < -0.39 is 0 Å². The molecule has 34 valence electrons. The molecular formula is H6LuOSiY.